The maximum Gasteiger partial charge on any atom is 0.120 e. The van der Waals surface area contributed by atoms with Crippen molar-refractivity contribution >= 4 is 11.4 Å². The SMILES string of the molecule is COc1ccc(CN2CC(C)Cc3ccccc32)c(N)c1. The van der Waals surface area contributed by atoms with Crippen LogP contribution in [-0.2, 0) is 13.0 Å². The number of hydrogen-bond acceptors (Lipinski definition) is 3. The second kappa shape index (κ2) is 5.68. The Morgan fingerprint density at radius 3 is 2.81 bits per heavy atom. The second-order valence-electron chi connectivity index (χ2n) is 5.88. The summed E-state index contributed by atoms with van der Waals surface area (Å²) in [5, 5.41) is 0. The fourth-order valence-electron chi connectivity index (χ4n) is 3.11. The van der Waals surface area contributed by atoms with E-state index in [-0.39, 0.29) is 0 Å². The Bertz CT molecular complexity index is 639. The molecule has 3 rings (SSSR count). The summed E-state index contributed by atoms with van der Waals surface area (Å²) in [6.07, 6.45) is 1.16. The summed E-state index contributed by atoms with van der Waals surface area (Å²) in [4.78, 5) is 2.43. The number of fused-ring (bicyclic) bond motifs is 1. The molecular weight excluding hydrogens is 260 g/mol. The first-order valence-corrected chi connectivity index (χ1v) is 7.42. The largest absolute Gasteiger partial charge is 0.497 e. The number of anilines is 2. The third-order valence-electron chi connectivity index (χ3n) is 4.15. The average molecular weight is 282 g/mol. The minimum Gasteiger partial charge on any atom is -0.497 e. The standard InChI is InChI=1S/C18H22N2O/c1-13-9-14-5-3-4-6-18(14)20(11-13)12-15-7-8-16(21-2)10-17(15)19/h3-8,10,13H,9,11-12,19H2,1-2H3. The summed E-state index contributed by atoms with van der Waals surface area (Å²) in [5.74, 6) is 1.48. The van der Waals surface area contributed by atoms with Crippen LogP contribution >= 0.6 is 0 Å². The molecule has 110 valence electrons. The predicted molar refractivity (Wildman–Crippen MR) is 87.8 cm³/mol. The van der Waals surface area contributed by atoms with Gasteiger partial charge in [0, 0.05) is 30.5 Å². The molecule has 3 heteroatoms. The molecule has 0 bridgehead atoms. The van der Waals surface area contributed by atoms with E-state index >= 15 is 0 Å². The van der Waals surface area contributed by atoms with Crippen LogP contribution in [0.3, 0.4) is 0 Å². The van der Waals surface area contributed by atoms with Crippen molar-refractivity contribution in [3.8, 4) is 5.75 Å². The second-order valence-corrected chi connectivity index (χ2v) is 5.88. The molecule has 2 aromatic rings. The smallest absolute Gasteiger partial charge is 0.120 e. The molecule has 0 radical (unpaired) electrons. The third kappa shape index (κ3) is 2.82. The van der Waals surface area contributed by atoms with Gasteiger partial charge in [-0.25, -0.2) is 0 Å². The number of hydrogen-bond donors (Lipinski definition) is 1. The van der Waals surface area contributed by atoms with Crippen LogP contribution in [0.2, 0.25) is 0 Å². The van der Waals surface area contributed by atoms with E-state index < -0.39 is 0 Å². The van der Waals surface area contributed by atoms with Gasteiger partial charge in [0.25, 0.3) is 0 Å². The summed E-state index contributed by atoms with van der Waals surface area (Å²) in [7, 11) is 1.66. The quantitative estimate of drug-likeness (QED) is 0.876. The molecule has 0 amide bonds. The molecular formula is C18H22N2O. The van der Waals surface area contributed by atoms with Crippen LogP contribution in [0.15, 0.2) is 42.5 Å². The lowest BCUT2D eigenvalue weighted by Crippen LogP contribution is -2.33. The highest BCUT2D eigenvalue weighted by Gasteiger charge is 2.21. The number of para-hydroxylation sites is 1. The first-order chi connectivity index (χ1) is 10.2. The van der Waals surface area contributed by atoms with Gasteiger partial charge in [0.15, 0.2) is 0 Å². The maximum atomic E-state index is 6.16. The molecule has 2 aromatic carbocycles. The number of nitrogen functional groups attached to an aromatic ring is 1. The van der Waals surface area contributed by atoms with E-state index in [4.69, 9.17) is 10.5 Å². The van der Waals surface area contributed by atoms with Crippen molar-refractivity contribution in [1.82, 2.24) is 0 Å². The molecule has 0 fully saturated rings. The Morgan fingerprint density at radius 2 is 2.05 bits per heavy atom. The van der Waals surface area contributed by atoms with E-state index in [9.17, 15) is 0 Å². The molecule has 2 N–H and O–H groups in total. The van der Waals surface area contributed by atoms with Crippen molar-refractivity contribution < 1.29 is 4.74 Å². The predicted octanol–water partition coefficient (Wildman–Crippen LogP) is 3.48. The Kier molecular flexibility index (Phi) is 3.74. The highest BCUT2D eigenvalue weighted by Crippen LogP contribution is 2.31. The molecule has 1 aliphatic heterocycles. The number of methoxy groups -OCH3 is 1. The van der Waals surface area contributed by atoms with E-state index in [2.05, 4.69) is 42.2 Å². The number of nitrogens with two attached hydrogens (primary N) is 1. The van der Waals surface area contributed by atoms with Crippen molar-refractivity contribution in [1.29, 1.82) is 0 Å². The van der Waals surface area contributed by atoms with Crippen LogP contribution < -0.4 is 15.4 Å². The number of ether oxygens (including phenoxy) is 1. The highest BCUT2D eigenvalue weighted by atomic mass is 16.5. The van der Waals surface area contributed by atoms with Crippen molar-refractivity contribution in [3.05, 3.63) is 53.6 Å². The zero-order valence-corrected chi connectivity index (χ0v) is 12.7. The summed E-state index contributed by atoms with van der Waals surface area (Å²) in [6.45, 7) is 4.22. The monoisotopic (exact) mass is 282 g/mol. The number of benzene rings is 2. The van der Waals surface area contributed by atoms with E-state index in [1.807, 2.05) is 12.1 Å². The topological polar surface area (TPSA) is 38.5 Å². The Balaban J connectivity index is 1.88. The van der Waals surface area contributed by atoms with Crippen LogP contribution in [0.25, 0.3) is 0 Å². The van der Waals surface area contributed by atoms with E-state index in [1.165, 1.54) is 11.3 Å². The lowest BCUT2D eigenvalue weighted by atomic mass is 9.93. The van der Waals surface area contributed by atoms with Gasteiger partial charge in [-0.1, -0.05) is 31.2 Å². The number of rotatable bonds is 3. The summed E-state index contributed by atoms with van der Waals surface area (Å²) >= 11 is 0. The molecule has 0 aliphatic carbocycles. The lowest BCUT2D eigenvalue weighted by Gasteiger charge is -2.35. The van der Waals surface area contributed by atoms with Gasteiger partial charge in [0.05, 0.1) is 7.11 Å². The molecule has 3 nitrogen and oxygen atoms in total. The van der Waals surface area contributed by atoms with Gasteiger partial charge < -0.3 is 15.4 Å². The molecule has 0 saturated heterocycles. The molecule has 0 saturated carbocycles. The van der Waals surface area contributed by atoms with Crippen molar-refractivity contribution in [2.75, 3.05) is 24.3 Å². The van der Waals surface area contributed by atoms with Gasteiger partial charge >= 0.3 is 0 Å². The van der Waals surface area contributed by atoms with E-state index in [0.29, 0.717) is 5.92 Å². The Hall–Kier alpha value is -2.16. The third-order valence-corrected chi connectivity index (χ3v) is 4.15. The Labute approximate surface area is 126 Å². The van der Waals surface area contributed by atoms with Gasteiger partial charge in [-0.15, -0.1) is 0 Å². The fourth-order valence-corrected chi connectivity index (χ4v) is 3.11. The minimum absolute atomic E-state index is 0.666. The van der Waals surface area contributed by atoms with E-state index in [1.54, 1.807) is 7.11 Å². The molecule has 0 spiro atoms. The Morgan fingerprint density at radius 1 is 1.24 bits per heavy atom. The van der Waals surface area contributed by atoms with Crippen LogP contribution in [0.5, 0.6) is 5.75 Å². The van der Waals surface area contributed by atoms with Crippen LogP contribution in [-0.4, -0.2) is 13.7 Å². The minimum atomic E-state index is 0.666. The van der Waals surface area contributed by atoms with Crippen molar-refractivity contribution in [2.45, 2.75) is 19.9 Å². The zero-order valence-electron chi connectivity index (χ0n) is 12.7. The summed E-state index contributed by atoms with van der Waals surface area (Å²) in [5.41, 5.74) is 10.9. The first-order valence-electron chi connectivity index (χ1n) is 7.42. The molecule has 1 unspecified atom stereocenters. The zero-order chi connectivity index (χ0) is 14.8. The lowest BCUT2D eigenvalue weighted by molar-refractivity contribution is 0.415. The molecule has 0 aromatic heterocycles. The maximum absolute atomic E-state index is 6.16. The van der Waals surface area contributed by atoms with Crippen LogP contribution in [0.4, 0.5) is 11.4 Å². The van der Waals surface area contributed by atoms with Crippen LogP contribution in [0, 0.1) is 5.92 Å². The van der Waals surface area contributed by atoms with Crippen LogP contribution in [0.1, 0.15) is 18.1 Å². The summed E-state index contributed by atoms with van der Waals surface area (Å²) < 4.78 is 5.22. The molecule has 1 atom stereocenters. The normalized spacial score (nSPS) is 17.4. The highest BCUT2D eigenvalue weighted by molar-refractivity contribution is 5.59. The van der Waals surface area contributed by atoms with E-state index in [0.717, 1.165) is 36.5 Å². The average Bonchev–Trinajstić information content (AvgIpc) is 2.49. The number of nitrogens with zero attached hydrogens (tertiary/aromatic N) is 1. The van der Waals surface area contributed by atoms with Gasteiger partial charge in [-0.05, 0) is 35.6 Å². The molecule has 1 heterocycles. The molecule has 21 heavy (non-hydrogen) atoms. The van der Waals surface area contributed by atoms with Gasteiger partial charge in [0.2, 0.25) is 0 Å². The fraction of sp³-hybridized carbons (Fsp3) is 0.333. The van der Waals surface area contributed by atoms with Gasteiger partial charge in [-0.3, -0.25) is 0 Å². The van der Waals surface area contributed by atoms with Crippen molar-refractivity contribution in [2.24, 2.45) is 5.92 Å². The first kappa shape index (κ1) is 13.8. The van der Waals surface area contributed by atoms with Gasteiger partial charge in [0.1, 0.15) is 5.75 Å². The summed E-state index contributed by atoms with van der Waals surface area (Å²) in [6, 6.07) is 14.6. The van der Waals surface area contributed by atoms with Gasteiger partial charge in [-0.2, -0.15) is 0 Å². The molecule has 1 aliphatic rings. The van der Waals surface area contributed by atoms with Crippen molar-refractivity contribution in [3.63, 3.8) is 0 Å².